The van der Waals surface area contributed by atoms with E-state index in [9.17, 15) is 9.90 Å². The van der Waals surface area contributed by atoms with Crippen LogP contribution in [0.4, 0.5) is 0 Å². The lowest BCUT2D eigenvalue weighted by Gasteiger charge is -2.09. The van der Waals surface area contributed by atoms with E-state index in [0.717, 1.165) is 15.2 Å². The molecule has 5 nitrogen and oxygen atoms in total. The molecule has 0 saturated heterocycles. The van der Waals surface area contributed by atoms with E-state index in [1.807, 2.05) is 36.4 Å². The number of nitrogens with one attached hydrogen (secondary N) is 1. The summed E-state index contributed by atoms with van der Waals surface area (Å²) in [6.45, 7) is -0.169. The minimum atomic E-state index is -0.386. The summed E-state index contributed by atoms with van der Waals surface area (Å²) in [5.41, 5.74) is 3.11. The molecule has 0 unspecified atom stereocenters. The van der Waals surface area contributed by atoms with Crippen LogP contribution in [-0.4, -0.2) is 23.8 Å². The van der Waals surface area contributed by atoms with Crippen LogP contribution in [0.1, 0.15) is 5.56 Å². The second kappa shape index (κ2) is 8.86. The van der Waals surface area contributed by atoms with E-state index in [2.05, 4.69) is 58.3 Å². The fourth-order valence-electron chi connectivity index (χ4n) is 2.34. The van der Waals surface area contributed by atoms with Gasteiger partial charge in [0.2, 0.25) is 0 Å². The molecule has 138 valence electrons. The predicted octanol–water partition coefficient (Wildman–Crippen LogP) is 5.36. The van der Waals surface area contributed by atoms with Gasteiger partial charge >= 0.3 is 0 Å². The number of aromatic hydroxyl groups is 1. The monoisotopic (exact) mass is 554 g/mol. The lowest BCUT2D eigenvalue weighted by atomic mass is 10.1. The van der Waals surface area contributed by atoms with Crippen molar-refractivity contribution < 1.29 is 14.6 Å². The van der Waals surface area contributed by atoms with Crippen LogP contribution in [0.5, 0.6) is 11.5 Å². The van der Waals surface area contributed by atoms with Crippen LogP contribution in [0.15, 0.2) is 67.1 Å². The zero-order valence-electron chi connectivity index (χ0n) is 13.7. The van der Waals surface area contributed by atoms with Gasteiger partial charge in [-0.05, 0) is 82.3 Å². The molecule has 1 amide bonds. The Morgan fingerprint density at radius 1 is 1.11 bits per heavy atom. The second-order valence-electron chi connectivity index (χ2n) is 5.51. The van der Waals surface area contributed by atoms with Crippen LogP contribution in [0.2, 0.25) is 0 Å². The summed E-state index contributed by atoms with van der Waals surface area (Å²) in [5.74, 6) is 0.299. The molecule has 0 heterocycles. The number of halogens is 3. The van der Waals surface area contributed by atoms with Crippen molar-refractivity contribution in [1.82, 2.24) is 5.43 Å². The molecule has 3 aromatic carbocycles. The number of phenolic OH excluding ortho intramolecular Hbond substituents is 1. The summed E-state index contributed by atoms with van der Waals surface area (Å²) < 4.78 is 7.43. The molecule has 0 aliphatic rings. The highest BCUT2D eigenvalue weighted by Gasteiger charge is 2.08. The number of benzene rings is 3. The van der Waals surface area contributed by atoms with E-state index in [-0.39, 0.29) is 18.3 Å². The first kappa shape index (κ1) is 19.9. The standard InChI is InChI=1S/C19H13Br3N2O3/c20-14-7-11(8-15(21)19(14)26)9-23-24-17(25)10-27-16-6-5-12-3-1-2-4-13(12)18(16)22/h1-9,26H,10H2,(H,24,25). The van der Waals surface area contributed by atoms with Crippen molar-refractivity contribution in [2.24, 2.45) is 5.10 Å². The van der Waals surface area contributed by atoms with Crippen LogP contribution < -0.4 is 10.2 Å². The molecular formula is C19H13Br3N2O3. The molecule has 0 aromatic heterocycles. The molecule has 27 heavy (non-hydrogen) atoms. The highest BCUT2D eigenvalue weighted by molar-refractivity contribution is 9.11. The van der Waals surface area contributed by atoms with Crippen molar-refractivity contribution in [2.45, 2.75) is 0 Å². The zero-order chi connectivity index (χ0) is 19.4. The molecular weight excluding hydrogens is 544 g/mol. The summed E-state index contributed by atoms with van der Waals surface area (Å²) in [4.78, 5) is 11.9. The molecule has 0 fully saturated rings. The number of hydrogen-bond donors (Lipinski definition) is 2. The first-order chi connectivity index (χ1) is 13.0. The van der Waals surface area contributed by atoms with Gasteiger partial charge < -0.3 is 9.84 Å². The smallest absolute Gasteiger partial charge is 0.277 e. The summed E-state index contributed by atoms with van der Waals surface area (Å²) in [7, 11) is 0. The highest BCUT2D eigenvalue weighted by Crippen LogP contribution is 2.33. The van der Waals surface area contributed by atoms with Crippen molar-refractivity contribution in [3.05, 3.63) is 67.5 Å². The van der Waals surface area contributed by atoms with Crippen LogP contribution >= 0.6 is 47.8 Å². The third kappa shape index (κ3) is 4.88. The van der Waals surface area contributed by atoms with E-state index in [1.165, 1.54) is 6.21 Å². The number of carbonyl (C=O) groups is 1. The number of hydrazone groups is 1. The van der Waals surface area contributed by atoms with Crippen molar-refractivity contribution in [3.63, 3.8) is 0 Å². The van der Waals surface area contributed by atoms with Crippen molar-refractivity contribution in [2.75, 3.05) is 6.61 Å². The molecule has 2 N–H and O–H groups in total. The molecule has 3 aromatic rings. The highest BCUT2D eigenvalue weighted by atomic mass is 79.9. The lowest BCUT2D eigenvalue weighted by Crippen LogP contribution is -2.24. The maximum Gasteiger partial charge on any atom is 0.277 e. The largest absolute Gasteiger partial charge is 0.506 e. The number of phenols is 1. The Kier molecular flexibility index (Phi) is 6.51. The van der Waals surface area contributed by atoms with Gasteiger partial charge in [-0.25, -0.2) is 5.43 Å². The molecule has 3 rings (SSSR count). The molecule has 0 atom stereocenters. The Bertz CT molecular complexity index is 1010. The molecule has 0 aliphatic heterocycles. The molecule has 0 radical (unpaired) electrons. The van der Waals surface area contributed by atoms with E-state index < -0.39 is 0 Å². The van der Waals surface area contributed by atoms with E-state index in [4.69, 9.17) is 4.74 Å². The van der Waals surface area contributed by atoms with Crippen LogP contribution in [0.3, 0.4) is 0 Å². The fraction of sp³-hybridized carbons (Fsp3) is 0.0526. The zero-order valence-corrected chi connectivity index (χ0v) is 18.5. The minimum Gasteiger partial charge on any atom is -0.506 e. The van der Waals surface area contributed by atoms with Gasteiger partial charge in [-0.1, -0.05) is 30.3 Å². The van der Waals surface area contributed by atoms with Gasteiger partial charge in [-0.2, -0.15) is 5.10 Å². The van der Waals surface area contributed by atoms with E-state index >= 15 is 0 Å². The predicted molar refractivity (Wildman–Crippen MR) is 116 cm³/mol. The Morgan fingerprint density at radius 3 is 2.56 bits per heavy atom. The number of rotatable bonds is 5. The fourth-order valence-corrected chi connectivity index (χ4v) is 4.17. The van der Waals surface area contributed by atoms with Crippen LogP contribution in [0, 0.1) is 0 Å². The maximum atomic E-state index is 11.9. The van der Waals surface area contributed by atoms with Gasteiger partial charge in [0.05, 0.1) is 19.6 Å². The van der Waals surface area contributed by atoms with E-state index in [1.54, 1.807) is 12.1 Å². The minimum absolute atomic E-state index is 0.102. The Hall–Kier alpha value is -1.90. The SMILES string of the molecule is O=C(COc1ccc2ccccc2c1Br)NN=Cc1cc(Br)c(O)c(Br)c1. The lowest BCUT2D eigenvalue weighted by molar-refractivity contribution is -0.123. The summed E-state index contributed by atoms with van der Waals surface area (Å²) >= 11 is 10.00. The van der Waals surface area contributed by atoms with Gasteiger partial charge in [0, 0.05) is 0 Å². The molecule has 0 saturated carbocycles. The Labute approximate surface area is 180 Å². The Balaban J connectivity index is 1.59. The van der Waals surface area contributed by atoms with Crippen molar-refractivity contribution >= 4 is 70.7 Å². The normalized spacial score (nSPS) is 11.1. The van der Waals surface area contributed by atoms with Gasteiger partial charge in [-0.15, -0.1) is 0 Å². The number of fused-ring (bicyclic) bond motifs is 1. The average molecular weight is 557 g/mol. The van der Waals surface area contributed by atoms with Crippen molar-refractivity contribution in [3.8, 4) is 11.5 Å². The summed E-state index contributed by atoms with van der Waals surface area (Å²) in [5, 5.41) is 15.7. The number of hydrogen-bond acceptors (Lipinski definition) is 4. The van der Waals surface area contributed by atoms with Gasteiger partial charge in [0.25, 0.3) is 5.91 Å². The number of carbonyl (C=O) groups excluding carboxylic acids is 1. The van der Waals surface area contributed by atoms with E-state index in [0.29, 0.717) is 20.3 Å². The molecule has 0 bridgehead atoms. The summed E-state index contributed by atoms with van der Waals surface area (Å²) in [6.07, 6.45) is 1.47. The topological polar surface area (TPSA) is 70.9 Å². The van der Waals surface area contributed by atoms with Gasteiger partial charge in [0.1, 0.15) is 11.5 Å². The van der Waals surface area contributed by atoms with Crippen LogP contribution in [-0.2, 0) is 4.79 Å². The Morgan fingerprint density at radius 2 is 1.81 bits per heavy atom. The first-order valence-electron chi connectivity index (χ1n) is 7.75. The number of ether oxygens (including phenoxy) is 1. The number of nitrogens with zero attached hydrogens (tertiary/aromatic N) is 1. The maximum absolute atomic E-state index is 11.9. The van der Waals surface area contributed by atoms with Crippen LogP contribution in [0.25, 0.3) is 10.8 Å². The second-order valence-corrected chi connectivity index (χ2v) is 8.02. The van der Waals surface area contributed by atoms with Crippen molar-refractivity contribution in [1.29, 1.82) is 0 Å². The third-order valence-corrected chi connectivity index (χ3v) is 5.66. The van der Waals surface area contributed by atoms with Gasteiger partial charge in [0.15, 0.2) is 6.61 Å². The summed E-state index contributed by atoms with van der Waals surface area (Å²) in [6, 6.07) is 15.0. The molecule has 8 heteroatoms. The molecule has 0 aliphatic carbocycles. The third-order valence-electron chi connectivity index (χ3n) is 3.63. The average Bonchev–Trinajstić information content (AvgIpc) is 2.66. The van der Waals surface area contributed by atoms with Gasteiger partial charge in [-0.3, -0.25) is 4.79 Å². The number of amides is 1. The quantitative estimate of drug-likeness (QED) is 0.328. The molecule has 0 spiro atoms. The first-order valence-corrected chi connectivity index (χ1v) is 10.1.